The average molecular weight is 258 g/mol. The second-order valence-electron chi connectivity index (χ2n) is 5.33. The summed E-state index contributed by atoms with van der Waals surface area (Å²) in [5.74, 6) is 0.605. The monoisotopic (exact) mass is 258 g/mol. The van der Waals surface area contributed by atoms with E-state index in [2.05, 4.69) is 21.1 Å². The first kappa shape index (κ1) is 12.1. The Bertz CT molecular complexity index is 693. The second kappa shape index (κ2) is 4.64. The van der Waals surface area contributed by atoms with Gasteiger partial charge < -0.3 is 0 Å². The molecule has 0 aliphatic heterocycles. The molecule has 0 unspecified atom stereocenters. The minimum Gasteiger partial charge on any atom is -0.278 e. The minimum atomic E-state index is -0.0287. The van der Waals surface area contributed by atoms with Crippen molar-refractivity contribution in [1.82, 2.24) is 19.6 Å². The third kappa shape index (κ3) is 1.99. The molecule has 0 saturated heterocycles. The lowest BCUT2D eigenvalue weighted by Gasteiger charge is -2.16. The highest BCUT2D eigenvalue weighted by Crippen LogP contribution is 2.29. The summed E-state index contributed by atoms with van der Waals surface area (Å²) >= 11 is 0. The number of nitrogens with zero attached hydrogens (tertiary/aromatic N) is 3. The molecule has 2 aromatic rings. The van der Waals surface area contributed by atoms with Gasteiger partial charge in [-0.25, -0.2) is 9.97 Å². The summed E-state index contributed by atoms with van der Waals surface area (Å²) in [7, 11) is 0. The summed E-state index contributed by atoms with van der Waals surface area (Å²) in [5, 5.41) is 2.82. The van der Waals surface area contributed by atoms with Gasteiger partial charge in [0.15, 0.2) is 0 Å². The van der Waals surface area contributed by atoms with Crippen LogP contribution in [-0.4, -0.2) is 19.6 Å². The molecule has 1 aliphatic carbocycles. The number of hydrogen-bond donors (Lipinski definition) is 1. The first-order chi connectivity index (χ1) is 9.18. The van der Waals surface area contributed by atoms with Crippen LogP contribution in [0.1, 0.15) is 56.7 Å². The van der Waals surface area contributed by atoms with Crippen molar-refractivity contribution in [1.29, 1.82) is 0 Å². The lowest BCUT2D eigenvalue weighted by Crippen LogP contribution is -2.24. The normalized spacial score (nSPS) is 16.1. The zero-order chi connectivity index (χ0) is 13.4. The molecule has 100 valence electrons. The summed E-state index contributed by atoms with van der Waals surface area (Å²) in [4.78, 5) is 21.2. The molecule has 2 aromatic heterocycles. The standard InChI is InChI=1S/C14H18N4O/c1-9(2)11-12(10-6-4-3-5-7-10)17-14-15-8-16-18(14)13(11)19/h6,8-9H,3-5,7H2,1-2H3,(H,15,16,17). The van der Waals surface area contributed by atoms with E-state index in [1.807, 2.05) is 13.8 Å². The van der Waals surface area contributed by atoms with Gasteiger partial charge in [0, 0.05) is 5.56 Å². The molecule has 0 spiro atoms. The highest BCUT2D eigenvalue weighted by atomic mass is 16.1. The number of aromatic amines is 1. The van der Waals surface area contributed by atoms with Crippen LogP contribution in [0.2, 0.25) is 0 Å². The van der Waals surface area contributed by atoms with E-state index in [1.165, 1.54) is 29.3 Å². The van der Waals surface area contributed by atoms with Gasteiger partial charge in [0.1, 0.15) is 6.33 Å². The van der Waals surface area contributed by atoms with Crippen molar-refractivity contribution >= 4 is 11.4 Å². The van der Waals surface area contributed by atoms with Crippen molar-refractivity contribution in [2.24, 2.45) is 0 Å². The van der Waals surface area contributed by atoms with E-state index >= 15 is 0 Å². The first-order valence-electron chi connectivity index (χ1n) is 6.84. The zero-order valence-electron chi connectivity index (χ0n) is 11.3. The smallest absolute Gasteiger partial charge is 0.278 e. The number of rotatable bonds is 2. The Balaban J connectivity index is 2.29. The van der Waals surface area contributed by atoms with E-state index in [-0.39, 0.29) is 11.5 Å². The molecule has 5 heteroatoms. The Hall–Kier alpha value is -1.91. The van der Waals surface area contributed by atoms with Gasteiger partial charge in [-0.15, -0.1) is 0 Å². The predicted octanol–water partition coefficient (Wildman–Crippen LogP) is 2.50. The summed E-state index contributed by atoms with van der Waals surface area (Å²) in [6.07, 6.45) is 8.21. The van der Waals surface area contributed by atoms with Crippen molar-refractivity contribution < 1.29 is 0 Å². The van der Waals surface area contributed by atoms with Crippen molar-refractivity contribution in [2.45, 2.75) is 45.4 Å². The molecule has 0 saturated carbocycles. The lowest BCUT2D eigenvalue weighted by molar-refractivity contribution is 0.730. The van der Waals surface area contributed by atoms with Crippen LogP contribution < -0.4 is 5.56 Å². The van der Waals surface area contributed by atoms with Crippen LogP contribution in [0, 0.1) is 0 Å². The van der Waals surface area contributed by atoms with Crippen LogP contribution in [0.5, 0.6) is 0 Å². The van der Waals surface area contributed by atoms with Crippen molar-refractivity contribution in [3.8, 4) is 0 Å². The van der Waals surface area contributed by atoms with Crippen LogP contribution >= 0.6 is 0 Å². The quantitative estimate of drug-likeness (QED) is 0.900. The van der Waals surface area contributed by atoms with Crippen molar-refractivity contribution in [3.63, 3.8) is 0 Å². The Morgan fingerprint density at radius 2 is 2.21 bits per heavy atom. The fourth-order valence-corrected chi connectivity index (χ4v) is 2.69. The van der Waals surface area contributed by atoms with Gasteiger partial charge in [0.05, 0.1) is 5.69 Å². The Labute approximate surface area is 111 Å². The van der Waals surface area contributed by atoms with Gasteiger partial charge in [-0.2, -0.15) is 4.52 Å². The van der Waals surface area contributed by atoms with Gasteiger partial charge in [-0.05, 0) is 37.2 Å². The molecular weight excluding hydrogens is 240 g/mol. The SMILES string of the molecule is CC(C)c1c(C2=CCCCC2)nc2nc[nH]n2c1=O. The summed E-state index contributed by atoms with van der Waals surface area (Å²) in [5.41, 5.74) is 2.82. The Morgan fingerprint density at radius 3 is 2.89 bits per heavy atom. The number of fused-ring (bicyclic) bond motifs is 1. The third-order valence-electron chi connectivity index (χ3n) is 3.64. The average Bonchev–Trinajstić information content (AvgIpc) is 2.87. The van der Waals surface area contributed by atoms with Gasteiger partial charge in [0.25, 0.3) is 11.3 Å². The van der Waals surface area contributed by atoms with E-state index in [0.29, 0.717) is 5.78 Å². The van der Waals surface area contributed by atoms with Crippen molar-refractivity contribution in [2.75, 3.05) is 0 Å². The number of allylic oxidation sites excluding steroid dienone is 2. The number of hydrogen-bond acceptors (Lipinski definition) is 3. The highest BCUT2D eigenvalue weighted by Gasteiger charge is 2.20. The molecule has 19 heavy (non-hydrogen) atoms. The van der Waals surface area contributed by atoms with E-state index in [0.717, 1.165) is 24.1 Å². The second-order valence-corrected chi connectivity index (χ2v) is 5.33. The molecule has 2 heterocycles. The molecule has 0 bridgehead atoms. The number of H-pyrrole nitrogens is 1. The first-order valence-corrected chi connectivity index (χ1v) is 6.84. The number of nitrogens with one attached hydrogen (secondary N) is 1. The highest BCUT2D eigenvalue weighted by molar-refractivity contribution is 5.67. The Morgan fingerprint density at radius 1 is 1.37 bits per heavy atom. The van der Waals surface area contributed by atoms with Crippen LogP contribution in [0.25, 0.3) is 11.4 Å². The molecule has 3 rings (SSSR count). The fourth-order valence-electron chi connectivity index (χ4n) is 2.69. The van der Waals surface area contributed by atoms with Crippen LogP contribution in [0.15, 0.2) is 17.2 Å². The molecule has 0 atom stereocenters. The Kier molecular flexibility index (Phi) is 2.97. The zero-order valence-corrected chi connectivity index (χ0v) is 11.3. The number of aromatic nitrogens is 4. The molecule has 0 aromatic carbocycles. The van der Waals surface area contributed by atoms with Gasteiger partial charge in [-0.3, -0.25) is 9.89 Å². The largest absolute Gasteiger partial charge is 0.278 e. The van der Waals surface area contributed by atoms with Gasteiger partial charge in [-0.1, -0.05) is 19.9 Å². The lowest BCUT2D eigenvalue weighted by atomic mass is 9.91. The van der Waals surface area contributed by atoms with Crippen LogP contribution in [0.4, 0.5) is 0 Å². The maximum atomic E-state index is 12.5. The van der Waals surface area contributed by atoms with E-state index in [1.54, 1.807) is 0 Å². The van der Waals surface area contributed by atoms with E-state index in [9.17, 15) is 4.79 Å². The maximum Gasteiger partial charge on any atom is 0.278 e. The molecule has 0 amide bonds. The topological polar surface area (TPSA) is 63.1 Å². The molecule has 0 fully saturated rings. The molecule has 1 N–H and O–H groups in total. The predicted molar refractivity (Wildman–Crippen MR) is 74.1 cm³/mol. The molecule has 1 aliphatic rings. The van der Waals surface area contributed by atoms with Crippen molar-refractivity contribution in [3.05, 3.63) is 34.0 Å². The van der Waals surface area contributed by atoms with Gasteiger partial charge in [0.2, 0.25) is 0 Å². The maximum absolute atomic E-state index is 12.5. The third-order valence-corrected chi connectivity index (χ3v) is 3.64. The summed E-state index contributed by atoms with van der Waals surface area (Å²) in [6, 6.07) is 0. The minimum absolute atomic E-state index is 0.0287. The molecule has 0 radical (unpaired) electrons. The van der Waals surface area contributed by atoms with Crippen LogP contribution in [0.3, 0.4) is 0 Å². The van der Waals surface area contributed by atoms with Crippen LogP contribution in [-0.2, 0) is 0 Å². The van der Waals surface area contributed by atoms with Gasteiger partial charge >= 0.3 is 0 Å². The fraction of sp³-hybridized carbons (Fsp3) is 0.500. The van der Waals surface area contributed by atoms with E-state index in [4.69, 9.17) is 0 Å². The molecule has 5 nitrogen and oxygen atoms in total. The summed E-state index contributed by atoms with van der Waals surface area (Å²) < 4.78 is 1.42. The molecular formula is C14H18N4O. The van der Waals surface area contributed by atoms with E-state index < -0.39 is 0 Å². The summed E-state index contributed by atoms with van der Waals surface area (Å²) in [6.45, 7) is 4.07.